The number of nitrogens with one attached hydrogen (secondary N) is 1. The van der Waals surface area contributed by atoms with E-state index in [2.05, 4.69) is 15.5 Å². The molecule has 1 aliphatic rings. The topological polar surface area (TPSA) is 88.3 Å². The molecule has 1 aliphatic heterocycles. The average Bonchev–Trinajstić information content (AvgIpc) is 3.19. The maximum atomic E-state index is 13.1. The van der Waals surface area contributed by atoms with Crippen LogP contribution in [0.5, 0.6) is 0 Å². The van der Waals surface area contributed by atoms with E-state index < -0.39 is 5.82 Å². The van der Waals surface area contributed by atoms with Crippen molar-refractivity contribution >= 4 is 40.9 Å². The van der Waals surface area contributed by atoms with E-state index in [0.717, 1.165) is 18.2 Å². The number of anilines is 1. The molecule has 1 saturated heterocycles. The van der Waals surface area contributed by atoms with Gasteiger partial charge in [0.25, 0.3) is 5.22 Å². The fourth-order valence-corrected chi connectivity index (χ4v) is 3.05. The van der Waals surface area contributed by atoms with E-state index in [1.165, 1.54) is 18.2 Å². The van der Waals surface area contributed by atoms with Gasteiger partial charge >= 0.3 is 0 Å². The standard InChI is InChI=1S/C15H14ClFN4O3S/c16-10-6-9(3-4-11(10)17)18-12(22)8-25-15-20-19-13(24-15)7-21-5-1-2-14(21)23/h3-4,6H,1-2,5,7-8H2,(H,18,22). The lowest BCUT2D eigenvalue weighted by Gasteiger charge is -2.11. The van der Waals surface area contributed by atoms with Crippen molar-refractivity contribution in [3.8, 4) is 0 Å². The second kappa shape index (κ2) is 7.83. The van der Waals surface area contributed by atoms with Crippen LogP contribution in [0.25, 0.3) is 0 Å². The fraction of sp³-hybridized carbons (Fsp3) is 0.333. The second-order valence-electron chi connectivity index (χ2n) is 5.35. The largest absolute Gasteiger partial charge is 0.414 e. The highest BCUT2D eigenvalue weighted by atomic mass is 35.5. The van der Waals surface area contributed by atoms with E-state index in [9.17, 15) is 14.0 Å². The smallest absolute Gasteiger partial charge is 0.277 e. The van der Waals surface area contributed by atoms with E-state index in [0.29, 0.717) is 24.5 Å². The Labute approximate surface area is 151 Å². The number of amides is 2. The van der Waals surface area contributed by atoms with Gasteiger partial charge in [0.15, 0.2) is 0 Å². The summed E-state index contributed by atoms with van der Waals surface area (Å²) in [6.45, 7) is 0.971. The van der Waals surface area contributed by atoms with Crippen LogP contribution in [0.15, 0.2) is 27.8 Å². The summed E-state index contributed by atoms with van der Waals surface area (Å²) < 4.78 is 18.5. The van der Waals surface area contributed by atoms with E-state index in [1.54, 1.807) is 4.90 Å². The molecule has 0 saturated carbocycles. The number of thioether (sulfide) groups is 1. The van der Waals surface area contributed by atoms with Crippen molar-refractivity contribution in [2.45, 2.75) is 24.6 Å². The minimum absolute atomic E-state index is 0.0409. The molecule has 2 heterocycles. The van der Waals surface area contributed by atoms with E-state index >= 15 is 0 Å². The highest BCUT2D eigenvalue weighted by Crippen LogP contribution is 2.21. The van der Waals surface area contributed by atoms with Crippen LogP contribution in [-0.4, -0.2) is 39.2 Å². The molecule has 132 valence electrons. The number of hydrogen-bond donors (Lipinski definition) is 1. The Bertz CT molecular complexity index is 801. The van der Waals surface area contributed by atoms with Gasteiger partial charge in [-0.1, -0.05) is 23.4 Å². The number of carbonyl (C=O) groups excluding carboxylic acids is 2. The number of benzene rings is 1. The number of carbonyl (C=O) groups is 2. The molecule has 0 unspecified atom stereocenters. The van der Waals surface area contributed by atoms with Crippen LogP contribution in [0.4, 0.5) is 10.1 Å². The zero-order valence-electron chi connectivity index (χ0n) is 13.0. The van der Waals surface area contributed by atoms with Gasteiger partial charge in [-0.3, -0.25) is 9.59 Å². The number of halogens is 2. The van der Waals surface area contributed by atoms with Crippen molar-refractivity contribution in [1.82, 2.24) is 15.1 Å². The monoisotopic (exact) mass is 384 g/mol. The van der Waals surface area contributed by atoms with Gasteiger partial charge in [-0.25, -0.2) is 4.39 Å². The Morgan fingerprint density at radius 1 is 1.44 bits per heavy atom. The van der Waals surface area contributed by atoms with E-state index in [1.807, 2.05) is 0 Å². The lowest BCUT2D eigenvalue weighted by molar-refractivity contribution is -0.128. The van der Waals surface area contributed by atoms with Crippen molar-refractivity contribution in [1.29, 1.82) is 0 Å². The summed E-state index contributed by atoms with van der Waals surface area (Å²) in [5.41, 5.74) is 0.399. The predicted octanol–water partition coefficient (Wildman–Crippen LogP) is 2.72. The maximum absolute atomic E-state index is 13.1. The minimum Gasteiger partial charge on any atom is -0.414 e. The number of nitrogens with zero attached hydrogens (tertiary/aromatic N) is 3. The summed E-state index contributed by atoms with van der Waals surface area (Å²) >= 11 is 6.73. The van der Waals surface area contributed by atoms with Gasteiger partial charge in [0.2, 0.25) is 17.7 Å². The Morgan fingerprint density at radius 3 is 3.00 bits per heavy atom. The zero-order chi connectivity index (χ0) is 17.8. The summed E-state index contributed by atoms with van der Waals surface area (Å²) in [5, 5.41) is 10.5. The van der Waals surface area contributed by atoms with E-state index in [-0.39, 0.29) is 34.4 Å². The molecule has 2 aromatic rings. The molecule has 2 amide bonds. The van der Waals surface area contributed by atoms with Gasteiger partial charge in [-0.2, -0.15) is 0 Å². The number of rotatable bonds is 6. The Morgan fingerprint density at radius 2 is 2.28 bits per heavy atom. The molecule has 0 radical (unpaired) electrons. The average molecular weight is 385 g/mol. The summed E-state index contributed by atoms with van der Waals surface area (Å²) in [6, 6.07) is 3.92. The van der Waals surface area contributed by atoms with Crippen molar-refractivity contribution < 1.29 is 18.4 Å². The molecule has 0 aliphatic carbocycles. The molecule has 1 fully saturated rings. The van der Waals surface area contributed by atoms with Crippen LogP contribution < -0.4 is 5.32 Å². The van der Waals surface area contributed by atoms with Gasteiger partial charge in [-0.05, 0) is 24.6 Å². The maximum Gasteiger partial charge on any atom is 0.277 e. The number of hydrogen-bond acceptors (Lipinski definition) is 6. The number of likely N-dealkylation sites (tertiary alicyclic amines) is 1. The molecule has 0 spiro atoms. The predicted molar refractivity (Wildman–Crippen MR) is 89.7 cm³/mol. The molecule has 10 heteroatoms. The summed E-state index contributed by atoms with van der Waals surface area (Å²) in [6.07, 6.45) is 1.38. The lowest BCUT2D eigenvalue weighted by atomic mass is 10.3. The summed E-state index contributed by atoms with van der Waals surface area (Å²) in [5.74, 6) is -0.418. The molecule has 1 aromatic heterocycles. The highest BCUT2D eigenvalue weighted by molar-refractivity contribution is 7.99. The third kappa shape index (κ3) is 4.70. The van der Waals surface area contributed by atoms with Gasteiger partial charge in [0.1, 0.15) is 5.82 Å². The first-order valence-electron chi connectivity index (χ1n) is 7.49. The first-order valence-corrected chi connectivity index (χ1v) is 8.85. The first-order chi connectivity index (χ1) is 12.0. The van der Waals surface area contributed by atoms with Crippen LogP contribution in [-0.2, 0) is 16.1 Å². The van der Waals surface area contributed by atoms with Crippen molar-refractivity contribution in [2.24, 2.45) is 0 Å². The molecule has 1 N–H and O–H groups in total. The van der Waals surface area contributed by atoms with Crippen LogP contribution in [0.3, 0.4) is 0 Å². The lowest BCUT2D eigenvalue weighted by Crippen LogP contribution is -2.23. The third-order valence-electron chi connectivity index (χ3n) is 3.48. The highest BCUT2D eigenvalue weighted by Gasteiger charge is 2.22. The van der Waals surface area contributed by atoms with Gasteiger partial charge in [-0.15, -0.1) is 10.2 Å². The molecule has 1 aromatic carbocycles. The number of aromatic nitrogens is 2. The fourth-order valence-electron chi connectivity index (χ4n) is 2.29. The summed E-state index contributed by atoms with van der Waals surface area (Å²) in [4.78, 5) is 25.1. The van der Waals surface area contributed by atoms with Gasteiger partial charge < -0.3 is 14.6 Å². The summed E-state index contributed by atoms with van der Waals surface area (Å²) in [7, 11) is 0. The molecule has 7 nitrogen and oxygen atoms in total. The Balaban J connectivity index is 1.49. The van der Waals surface area contributed by atoms with Crippen molar-refractivity contribution in [3.63, 3.8) is 0 Å². The SMILES string of the molecule is O=C(CSc1nnc(CN2CCCC2=O)o1)Nc1ccc(F)c(Cl)c1. The Hall–Kier alpha value is -2.13. The quantitative estimate of drug-likeness (QED) is 0.770. The van der Waals surface area contributed by atoms with Gasteiger partial charge in [0, 0.05) is 18.7 Å². The minimum atomic E-state index is -0.552. The molecule has 3 rings (SSSR count). The third-order valence-corrected chi connectivity index (χ3v) is 4.58. The molecular weight excluding hydrogens is 371 g/mol. The Kier molecular flexibility index (Phi) is 5.54. The molecule has 0 atom stereocenters. The first kappa shape index (κ1) is 17.7. The second-order valence-corrected chi connectivity index (χ2v) is 6.68. The van der Waals surface area contributed by atoms with Gasteiger partial charge in [0.05, 0.1) is 17.3 Å². The van der Waals surface area contributed by atoms with Crippen molar-refractivity contribution in [2.75, 3.05) is 17.6 Å². The normalized spacial score (nSPS) is 14.2. The van der Waals surface area contributed by atoms with Crippen LogP contribution in [0, 0.1) is 5.82 Å². The van der Waals surface area contributed by atoms with Crippen LogP contribution in [0.2, 0.25) is 5.02 Å². The molecular formula is C15H14ClFN4O3S. The molecule has 25 heavy (non-hydrogen) atoms. The van der Waals surface area contributed by atoms with Crippen molar-refractivity contribution in [3.05, 3.63) is 34.9 Å². The van der Waals surface area contributed by atoms with Crippen LogP contribution in [0.1, 0.15) is 18.7 Å². The van der Waals surface area contributed by atoms with Crippen LogP contribution >= 0.6 is 23.4 Å². The van der Waals surface area contributed by atoms with E-state index in [4.69, 9.17) is 16.0 Å². The zero-order valence-corrected chi connectivity index (χ0v) is 14.6. The molecule has 0 bridgehead atoms.